The largest absolute Gasteiger partial charge is 0.146 e. The third-order valence-corrected chi connectivity index (χ3v) is 13.6. The zero-order chi connectivity index (χ0) is 13.2. The standard InChI is InChI=1S/C16H33BSi/c1-5-18(6-2,7-3)14(4)17-15-10-8-11-16(17)13-9-12-15/h14-16H,5-13H2,1-4H3. The van der Waals surface area contributed by atoms with Gasteiger partial charge in [0.25, 0.3) is 0 Å². The highest BCUT2D eigenvalue weighted by molar-refractivity contribution is 6.92. The Morgan fingerprint density at radius 1 is 0.889 bits per heavy atom. The molecular formula is C16H33BSi. The van der Waals surface area contributed by atoms with Gasteiger partial charge in [-0.15, -0.1) is 0 Å². The maximum Gasteiger partial charge on any atom is 0.146 e. The van der Waals surface area contributed by atoms with Crippen LogP contribution in [0, 0.1) is 0 Å². The molecule has 0 amide bonds. The van der Waals surface area contributed by atoms with Crippen LogP contribution in [0.2, 0.25) is 35.2 Å². The third-order valence-electron chi connectivity index (χ3n) is 7.04. The summed E-state index contributed by atoms with van der Waals surface area (Å²) in [6.07, 6.45) is 9.33. The molecule has 0 aromatic heterocycles. The zero-order valence-electron chi connectivity index (χ0n) is 13.2. The van der Waals surface area contributed by atoms with Crippen LogP contribution in [-0.2, 0) is 0 Å². The van der Waals surface area contributed by atoms with E-state index in [1.807, 2.05) is 0 Å². The van der Waals surface area contributed by atoms with E-state index in [0.717, 1.165) is 23.8 Å². The predicted octanol–water partition coefficient (Wildman–Crippen LogP) is 6.03. The molecule has 0 radical (unpaired) electrons. The Kier molecular flexibility index (Phi) is 5.02. The summed E-state index contributed by atoms with van der Waals surface area (Å²) in [5.74, 6) is 2.23. The average molecular weight is 264 g/mol. The molecule has 2 bridgehead atoms. The lowest BCUT2D eigenvalue weighted by Gasteiger charge is -2.49. The van der Waals surface area contributed by atoms with Crippen LogP contribution >= 0.6 is 0 Å². The minimum Gasteiger partial charge on any atom is -0.0714 e. The summed E-state index contributed by atoms with van der Waals surface area (Å²) in [5.41, 5.74) is 1.09. The number of hydrogen-bond acceptors (Lipinski definition) is 0. The Balaban J connectivity index is 2.18. The molecule has 18 heavy (non-hydrogen) atoms. The Hall–Kier alpha value is 0.282. The molecule has 0 saturated carbocycles. The minimum atomic E-state index is -0.974. The van der Waals surface area contributed by atoms with Crippen molar-refractivity contribution in [2.45, 2.75) is 101 Å². The highest BCUT2D eigenvalue weighted by atomic mass is 28.3. The summed E-state index contributed by atoms with van der Waals surface area (Å²) in [4.78, 5) is 0. The second kappa shape index (κ2) is 6.16. The quantitative estimate of drug-likeness (QED) is 0.532. The first-order chi connectivity index (χ1) is 8.68. The monoisotopic (exact) mass is 264 g/mol. The molecule has 2 fully saturated rings. The molecule has 2 aliphatic rings. The van der Waals surface area contributed by atoms with E-state index in [1.165, 1.54) is 31.0 Å². The molecular weight excluding hydrogens is 231 g/mol. The lowest BCUT2D eigenvalue weighted by molar-refractivity contribution is 0.439. The molecule has 2 saturated heterocycles. The van der Waals surface area contributed by atoms with Gasteiger partial charge in [-0.05, 0) is 0 Å². The molecule has 0 N–H and O–H groups in total. The van der Waals surface area contributed by atoms with Crippen molar-refractivity contribution in [2.75, 3.05) is 0 Å². The summed E-state index contributed by atoms with van der Waals surface area (Å²) in [5, 5.41) is 0. The van der Waals surface area contributed by atoms with Crippen LogP contribution in [0.1, 0.15) is 66.2 Å². The van der Waals surface area contributed by atoms with Gasteiger partial charge in [-0.3, -0.25) is 0 Å². The van der Waals surface area contributed by atoms with Crippen LogP contribution in [-0.4, -0.2) is 14.8 Å². The Labute approximate surface area is 116 Å². The predicted molar refractivity (Wildman–Crippen MR) is 87.6 cm³/mol. The first-order valence-electron chi connectivity index (χ1n) is 8.68. The smallest absolute Gasteiger partial charge is 0.0714 e. The van der Waals surface area contributed by atoms with Crippen molar-refractivity contribution >= 4 is 14.8 Å². The van der Waals surface area contributed by atoms with Gasteiger partial charge in [0.05, 0.1) is 0 Å². The fourth-order valence-corrected chi connectivity index (χ4v) is 10.5. The summed E-state index contributed by atoms with van der Waals surface area (Å²) >= 11 is 0. The topological polar surface area (TPSA) is 0 Å². The molecule has 0 nitrogen and oxygen atoms in total. The molecule has 0 aliphatic carbocycles. The van der Waals surface area contributed by atoms with Crippen molar-refractivity contribution in [1.29, 1.82) is 0 Å². The fourth-order valence-electron chi connectivity index (χ4n) is 5.67. The minimum absolute atomic E-state index is 0.974. The molecule has 2 aliphatic heterocycles. The van der Waals surface area contributed by atoms with Crippen molar-refractivity contribution in [1.82, 2.24) is 0 Å². The second-order valence-corrected chi connectivity index (χ2v) is 12.9. The van der Waals surface area contributed by atoms with Gasteiger partial charge in [0.15, 0.2) is 0 Å². The summed E-state index contributed by atoms with van der Waals surface area (Å²) < 4.78 is 0. The molecule has 2 heteroatoms. The first kappa shape index (κ1) is 14.7. The number of fused-ring (bicyclic) bond motifs is 2. The fraction of sp³-hybridized carbons (Fsp3) is 1.00. The van der Waals surface area contributed by atoms with E-state index in [-0.39, 0.29) is 0 Å². The average Bonchev–Trinajstić information content (AvgIpc) is 2.40. The molecule has 2 heterocycles. The van der Waals surface area contributed by atoms with Crippen molar-refractivity contribution in [2.24, 2.45) is 0 Å². The Morgan fingerprint density at radius 2 is 1.28 bits per heavy atom. The maximum absolute atomic E-state index is 2.67. The van der Waals surface area contributed by atoms with Crippen LogP contribution in [0.3, 0.4) is 0 Å². The maximum atomic E-state index is 2.67. The second-order valence-electron chi connectivity index (χ2n) is 7.17. The van der Waals surface area contributed by atoms with E-state index in [0.29, 0.717) is 0 Å². The van der Waals surface area contributed by atoms with Gasteiger partial charge in [0.1, 0.15) is 6.71 Å². The van der Waals surface area contributed by atoms with Crippen molar-refractivity contribution in [3.63, 3.8) is 0 Å². The zero-order valence-corrected chi connectivity index (χ0v) is 14.2. The van der Waals surface area contributed by atoms with Crippen LogP contribution in [0.5, 0.6) is 0 Å². The van der Waals surface area contributed by atoms with Gasteiger partial charge in [-0.25, -0.2) is 0 Å². The van der Waals surface area contributed by atoms with E-state index in [4.69, 9.17) is 0 Å². The van der Waals surface area contributed by atoms with Crippen molar-refractivity contribution in [3.05, 3.63) is 0 Å². The molecule has 0 spiro atoms. The highest BCUT2D eigenvalue weighted by Crippen LogP contribution is 2.53. The molecule has 0 aromatic carbocycles. The van der Waals surface area contributed by atoms with Crippen molar-refractivity contribution < 1.29 is 0 Å². The van der Waals surface area contributed by atoms with Gasteiger partial charge in [0, 0.05) is 8.07 Å². The van der Waals surface area contributed by atoms with Crippen LogP contribution in [0.25, 0.3) is 0 Å². The molecule has 2 rings (SSSR count). The molecule has 0 aromatic rings. The van der Waals surface area contributed by atoms with Gasteiger partial charge in [-0.2, -0.15) is 0 Å². The first-order valence-corrected chi connectivity index (χ1v) is 11.4. The van der Waals surface area contributed by atoms with Crippen molar-refractivity contribution in [3.8, 4) is 0 Å². The van der Waals surface area contributed by atoms with E-state index < -0.39 is 8.07 Å². The third kappa shape index (κ3) is 2.46. The summed E-state index contributed by atoms with van der Waals surface area (Å²) in [6, 6.07) is 4.57. The van der Waals surface area contributed by atoms with Gasteiger partial charge in [0.2, 0.25) is 0 Å². The lowest BCUT2D eigenvalue weighted by atomic mass is 9.26. The SMILES string of the molecule is CC[Si](CC)(CC)C(C)B1C2CCCC1CCC2. The van der Waals surface area contributed by atoms with Crippen LogP contribution in [0.15, 0.2) is 0 Å². The van der Waals surface area contributed by atoms with E-state index in [2.05, 4.69) is 27.7 Å². The summed E-state index contributed by atoms with van der Waals surface area (Å²) in [6.45, 7) is 11.3. The molecule has 1 unspecified atom stereocenters. The number of rotatable bonds is 5. The summed E-state index contributed by atoms with van der Waals surface area (Å²) in [7, 11) is -0.974. The van der Waals surface area contributed by atoms with E-state index in [1.54, 1.807) is 25.7 Å². The Morgan fingerprint density at radius 3 is 1.61 bits per heavy atom. The van der Waals surface area contributed by atoms with Crippen LogP contribution < -0.4 is 0 Å². The van der Waals surface area contributed by atoms with Gasteiger partial charge >= 0.3 is 0 Å². The lowest BCUT2D eigenvalue weighted by Crippen LogP contribution is -2.49. The van der Waals surface area contributed by atoms with Crippen LogP contribution in [0.4, 0.5) is 0 Å². The van der Waals surface area contributed by atoms with E-state index in [9.17, 15) is 0 Å². The molecule has 104 valence electrons. The highest BCUT2D eigenvalue weighted by Gasteiger charge is 2.48. The Bertz CT molecular complexity index is 232. The molecule has 1 atom stereocenters. The van der Waals surface area contributed by atoms with E-state index >= 15 is 0 Å². The number of hydrogen-bond donors (Lipinski definition) is 0. The van der Waals surface area contributed by atoms with Gasteiger partial charge in [-0.1, -0.05) is 101 Å². The normalized spacial score (nSPS) is 30.3. The van der Waals surface area contributed by atoms with Gasteiger partial charge < -0.3 is 0 Å².